The molecule has 0 atom stereocenters. The summed E-state index contributed by atoms with van der Waals surface area (Å²) in [5.74, 6) is -0.145. The molecule has 154 valence electrons. The topological polar surface area (TPSA) is 84.7 Å². The van der Waals surface area contributed by atoms with Gasteiger partial charge in [0.15, 0.2) is 6.61 Å². The molecule has 6 nitrogen and oxygen atoms in total. The number of hydrogen-bond donors (Lipinski definition) is 2. The van der Waals surface area contributed by atoms with E-state index in [4.69, 9.17) is 33.7 Å². The molecule has 2 aromatic rings. The minimum absolute atomic E-state index is 0.0700. The Morgan fingerprint density at radius 3 is 2.38 bits per heavy atom. The van der Waals surface area contributed by atoms with E-state index in [2.05, 4.69) is 10.2 Å². The predicted molar refractivity (Wildman–Crippen MR) is 113 cm³/mol. The number of primary amides is 1. The van der Waals surface area contributed by atoms with E-state index in [0.717, 1.165) is 38.0 Å². The molecule has 1 saturated heterocycles. The maximum absolute atomic E-state index is 12.2. The van der Waals surface area contributed by atoms with Crippen LogP contribution in [0.4, 0.5) is 0 Å². The maximum atomic E-state index is 12.2. The van der Waals surface area contributed by atoms with Crippen LogP contribution in [0.1, 0.15) is 28.8 Å². The molecule has 1 heterocycles. The molecule has 3 rings (SSSR count). The normalized spacial score (nSPS) is 15.1. The van der Waals surface area contributed by atoms with E-state index in [0.29, 0.717) is 21.4 Å². The second kappa shape index (κ2) is 9.96. The first-order chi connectivity index (χ1) is 13.9. The highest BCUT2D eigenvalue weighted by Gasteiger charge is 2.21. The van der Waals surface area contributed by atoms with Crippen LogP contribution in [0, 0.1) is 0 Å². The SMILES string of the molecule is NC(=O)c1ccc(OCC(=O)NC2CCN(Cc3ccc(Cl)c(Cl)c3)CC2)cc1. The lowest BCUT2D eigenvalue weighted by molar-refractivity contribution is -0.124. The summed E-state index contributed by atoms with van der Waals surface area (Å²) in [5, 5.41) is 4.14. The molecular formula is C21H23Cl2N3O3. The monoisotopic (exact) mass is 435 g/mol. The molecule has 2 aromatic carbocycles. The second-order valence-corrected chi connectivity index (χ2v) is 7.86. The zero-order valence-corrected chi connectivity index (χ0v) is 17.4. The summed E-state index contributed by atoms with van der Waals surface area (Å²) in [6.45, 7) is 2.52. The van der Waals surface area contributed by atoms with E-state index in [1.165, 1.54) is 0 Å². The van der Waals surface area contributed by atoms with Gasteiger partial charge in [-0.15, -0.1) is 0 Å². The second-order valence-electron chi connectivity index (χ2n) is 7.04. The van der Waals surface area contributed by atoms with Crippen molar-refractivity contribution in [1.82, 2.24) is 10.2 Å². The zero-order chi connectivity index (χ0) is 20.8. The lowest BCUT2D eigenvalue weighted by Crippen LogP contribution is -2.45. The molecule has 1 fully saturated rings. The predicted octanol–water partition coefficient (Wildman–Crippen LogP) is 3.25. The highest BCUT2D eigenvalue weighted by Crippen LogP contribution is 2.24. The number of nitrogens with one attached hydrogen (secondary N) is 1. The Bertz CT molecular complexity index is 866. The number of amides is 2. The molecule has 0 aromatic heterocycles. The molecule has 0 spiro atoms. The molecular weight excluding hydrogens is 413 g/mol. The summed E-state index contributed by atoms with van der Waals surface area (Å²) >= 11 is 12.0. The van der Waals surface area contributed by atoms with Crippen LogP contribution in [0.5, 0.6) is 5.75 Å². The van der Waals surface area contributed by atoms with Crippen molar-refractivity contribution in [1.29, 1.82) is 0 Å². The number of piperidine rings is 1. The van der Waals surface area contributed by atoms with Crippen LogP contribution in [0.3, 0.4) is 0 Å². The molecule has 1 aliphatic heterocycles. The van der Waals surface area contributed by atoms with Gasteiger partial charge in [0.05, 0.1) is 10.0 Å². The third-order valence-electron chi connectivity index (χ3n) is 4.85. The summed E-state index contributed by atoms with van der Waals surface area (Å²) in [4.78, 5) is 25.5. The van der Waals surface area contributed by atoms with Crippen molar-refractivity contribution >= 4 is 35.0 Å². The van der Waals surface area contributed by atoms with Gasteiger partial charge in [0, 0.05) is 31.2 Å². The van der Waals surface area contributed by atoms with Crippen molar-refractivity contribution in [2.75, 3.05) is 19.7 Å². The lowest BCUT2D eigenvalue weighted by atomic mass is 10.0. The molecule has 0 bridgehead atoms. The zero-order valence-electron chi connectivity index (χ0n) is 15.9. The Balaban J connectivity index is 1.39. The summed E-state index contributed by atoms with van der Waals surface area (Å²) in [6, 6.07) is 12.2. The molecule has 8 heteroatoms. The molecule has 0 radical (unpaired) electrons. The number of nitrogens with two attached hydrogens (primary N) is 1. The standard InChI is InChI=1S/C21H23Cl2N3O3/c22-18-6-1-14(11-19(18)23)12-26-9-7-16(8-10-26)25-20(27)13-29-17-4-2-15(3-5-17)21(24)28/h1-6,11,16H,7-10,12-13H2,(H2,24,28)(H,25,27). The first kappa shape index (κ1) is 21.4. The van der Waals surface area contributed by atoms with Crippen LogP contribution in [0.25, 0.3) is 0 Å². The Hall–Kier alpha value is -2.28. The van der Waals surface area contributed by atoms with Crippen LogP contribution >= 0.6 is 23.2 Å². The number of carbonyl (C=O) groups excluding carboxylic acids is 2. The fraction of sp³-hybridized carbons (Fsp3) is 0.333. The number of rotatable bonds is 7. The highest BCUT2D eigenvalue weighted by atomic mass is 35.5. The summed E-state index contributed by atoms with van der Waals surface area (Å²) < 4.78 is 5.47. The molecule has 2 amide bonds. The van der Waals surface area contributed by atoms with E-state index >= 15 is 0 Å². The number of halogens is 2. The van der Waals surface area contributed by atoms with Gasteiger partial charge in [-0.05, 0) is 54.8 Å². The summed E-state index contributed by atoms with van der Waals surface area (Å²) in [7, 11) is 0. The van der Waals surface area contributed by atoms with Crippen molar-refractivity contribution in [2.24, 2.45) is 5.73 Å². The van der Waals surface area contributed by atoms with E-state index in [-0.39, 0.29) is 18.6 Å². The van der Waals surface area contributed by atoms with Gasteiger partial charge in [-0.3, -0.25) is 14.5 Å². The molecule has 0 saturated carbocycles. The van der Waals surface area contributed by atoms with Gasteiger partial charge < -0.3 is 15.8 Å². The van der Waals surface area contributed by atoms with Crippen LogP contribution in [-0.2, 0) is 11.3 Å². The third-order valence-corrected chi connectivity index (χ3v) is 5.59. The summed E-state index contributed by atoms with van der Waals surface area (Å²) in [6.07, 6.45) is 1.75. The molecule has 1 aliphatic rings. The number of nitrogens with zero attached hydrogens (tertiary/aromatic N) is 1. The molecule has 0 aliphatic carbocycles. The molecule has 29 heavy (non-hydrogen) atoms. The Labute approximate surface area is 179 Å². The number of carbonyl (C=O) groups is 2. The van der Waals surface area contributed by atoms with Gasteiger partial charge in [-0.2, -0.15) is 0 Å². The first-order valence-corrected chi connectivity index (χ1v) is 10.1. The highest BCUT2D eigenvalue weighted by molar-refractivity contribution is 6.42. The Morgan fingerprint density at radius 1 is 1.07 bits per heavy atom. The van der Waals surface area contributed by atoms with Crippen molar-refractivity contribution in [3.8, 4) is 5.75 Å². The average molecular weight is 436 g/mol. The van der Waals surface area contributed by atoms with Crippen LogP contribution in [0.15, 0.2) is 42.5 Å². The van der Waals surface area contributed by atoms with Gasteiger partial charge in [-0.25, -0.2) is 0 Å². The largest absolute Gasteiger partial charge is 0.484 e. The van der Waals surface area contributed by atoms with E-state index in [1.807, 2.05) is 18.2 Å². The first-order valence-electron chi connectivity index (χ1n) is 9.39. The van der Waals surface area contributed by atoms with E-state index < -0.39 is 5.91 Å². The van der Waals surface area contributed by atoms with Crippen LogP contribution < -0.4 is 15.8 Å². The number of benzene rings is 2. The van der Waals surface area contributed by atoms with E-state index in [1.54, 1.807) is 24.3 Å². The minimum atomic E-state index is -0.500. The Morgan fingerprint density at radius 2 is 1.76 bits per heavy atom. The number of likely N-dealkylation sites (tertiary alicyclic amines) is 1. The maximum Gasteiger partial charge on any atom is 0.258 e. The molecule has 3 N–H and O–H groups in total. The summed E-state index contributed by atoms with van der Waals surface area (Å²) in [5.41, 5.74) is 6.72. The third kappa shape index (κ3) is 6.35. The Kier molecular flexibility index (Phi) is 7.36. The van der Waals surface area contributed by atoms with Gasteiger partial charge in [0.25, 0.3) is 5.91 Å². The van der Waals surface area contributed by atoms with Crippen molar-refractivity contribution in [3.63, 3.8) is 0 Å². The van der Waals surface area contributed by atoms with Crippen molar-refractivity contribution in [2.45, 2.75) is 25.4 Å². The van der Waals surface area contributed by atoms with Crippen molar-refractivity contribution in [3.05, 3.63) is 63.6 Å². The number of ether oxygens (including phenoxy) is 1. The quantitative estimate of drug-likeness (QED) is 0.698. The average Bonchev–Trinajstić information content (AvgIpc) is 2.71. The van der Waals surface area contributed by atoms with E-state index in [9.17, 15) is 9.59 Å². The fourth-order valence-electron chi connectivity index (χ4n) is 3.27. The fourth-order valence-corrected chi connectivity index (χ4v) is 3.59. The van der Waals surface area contributed by atoms with Gasteiger partial charge >= 0.3 is 0 Å². The van der Waals surface area contributed by atoms with Gasteiger partial charge in [0.2, 0.25) is 5.91 Å². The van der Waals surface area contributed by atoms with Crippen LogP contribution in [-0.4, -0.2) is 42.5 Å². The number of hydrogen-bond acceptors (Lipinski definition) is 4. The van der Waals surface area contributed by atoms with Crippen LogP contribution in [0.2, 0.25) is 10.0 Å². The minimum Gasteiger partial charge on any atom is -0.484 e. The van der Waals surface area contributed by atoms with Crippen molar-refractivity contribution < 1.29 is 14.3 Å². The smallest absolute Gasteiger partial charge is 0.258 e. The lowest BCUT2D eigenvalue weighted by Gasteiger charge is -2.32. The van der Waals surface area contributed by atoms with Gasteiger partial charge in [0.1, 0.15) is 5.75 Å². The van der Waals surface area contributed by atoms with Gasteiger partial charge in [-0.1, -0.05) is 29.3 Å². The molecule has 0 unspecified atom stereocenters.